The average Bonchev–Trinajstić information content (AvgIpc) is 2.18. The Bertz CT molecular complexity index is 240. The molecule has 0 N–H and O–H groups in total. The van der Waals surface area contributed by atoms with Crippen LogP contribution < -0.4 is 0 Å². The first-order chi connectivity index (χ1) is 6.63. The Kier molecular flexibility index (Phi) is 4.93. The lowest BCUT2D eigenvalue weighted by Crippen LogP contribution is -2.38. The van der Waals surface area contributed by atoms with Gasteiger partial charge in [-0.15, -0.1) is 0 Å². The second kappa shape index (κ2) is 5.74. The summed E-state index contributed by atoms with van der Waals surface area (Å²) in [6.07, 6.45) is 2.07. The predicted molar refractivity (Wildman–Crippen MR) is 59.6 cm³/mol. The molecule has 0 aliphatic carbocycles. The lowest BCUT2D eigenvalue weighted by atomic mass is 9.95. The highest BCUT2D eigenvalue weighted by atomic mass is 35.5. The smallest absolute Gasteiger partial charge is 0.134 e. The second-order valence-electron chi connectivity index (χ2n) is 3.74. The van der Waals surface area contributed by atoms with E-state index in [1.807, 2.05) is 0 Å². The van der Waals surface area contributed by atoms with Gasteiger partial charge in [0.1, 0.15) is 5.78 Å². The Hall–Kier alpha value is -0.0500. The molecule has 2 nitrogen and oxygen atoms in total. The van der Waals surface area contributed by atoms with E-state index in [0.717, 1.165) is 25.9 Å². The molecule has 1 unspecified atom stereocenters. The third-order valence-corrected chi connectivity index (χ3v) is 3.18. The van der Waals surface area contributed by atoms with E-state index < -0.39 is 0 Å². The zero-order valence-corrected chi connectivity index (χ0v) is 9.81. The van der Waals surface area contributed by atoms with Crippen LogP contribution in [0.2, 0.25) is 0 Å². The fourth-order valence-electron chi connectivity index (χ4n) is 1.78. The highest BCUT2D eigenvalue weighted by Crippen LogP contribution is 2.19. The molecule has 1 atom stereocenters. The van der Waals surface area contributed by atoms with Crippen molar-refractivity contribution in [2.24, 2.45) is 5.92 Å². The van der Waals surface area contributed by atoms with Gasteiger partial charge in [-0.1, -0.05) is 23.2 Å². The van der Waals surface area contributed by atoms with Crippen LogP contribution in [-0.2, 0) is 4.79 Å². The molecule has 1 saturated heterocycles. The molecule has 0 bridgehead atoms. The molecule has 1 heterocycles. The number of carbonyl (C=O) groups excluding carboxylic acids is 1. The molecule has 0 spiro atoms. The van der Waals surface area contributed by atoms with Gasteiger partial charge in [-0.3, -0.25) is 9.69 Å². The van der Waals surface area contributed by atoms with E-state index in [2.05, 4.69) is 4.90 Å². The fourth-order valence-corrected chi connectivity index (χ4v) is 2.02. The van der Waals surface area contributed by atoms with E-state index in [1.165, 1.54) is 5.54 Å². The summed E-state index contributed by atoms with van der Waals surface area (Å²) in [4.78, 5) is 13.4. The number of likely N-dealkylation sites (tertiary alicyclic amines) is 1. The number of piperidine rings is 1. The predicted octanol–water partition coefficient (Wildman–Crippen LogP) is 2.61. The van der Waals surface area contributed by atoms with E-state index in [4.69, 9.17) is 23.2 Å². The zero-order chi connectivity index (χ0) is 10.6. The number of hydrogen-bond acceptors (Lipinski definition) is 2. The minimum atomic E-state index is 0.184. The van der Waals surface area contributed by atoms with Gasteiger partial charge in [-0.2, -0.15) is 0 Å². The monoisotopic (exact) mass is 235 g/mol. The zero-order valence-electron chi connectivity index (χ0n) is 8.30. The Morgan fingerprint density at radius 2 is 2.36 bits per heavy atom. The molecular formula is C10H15Cl2NO. The summed E-state index contributed by atoms with van der Waals surface area (Å²) in [5.41, 5.74) is 1.39. The van der Waals surface area contributed by atoms with Crippen molar-refractivity contribution in [1.29, 1.82) is 0 Å². The largest absolute Gasteiger partial charge is 0.300 e. The van der Waals surface area contributed by atoms with Crippen LogP contribution >= 0.6 is 23.2 Å². The first-order valence-electron chi connectivity index (χ1n) is 4.81. The van der Waals surface area contributed by atoms with Gasteiger partial charge in [-0.05, 0) is 26.3 Å². The number of Topliss-reactive ketones (excluding diaryl/α,β-unsaturated/α-hetero) is 1. The van der Waals surface area contributed by atoms with E-state index in [1.54, 1.807) is 6.92 Å². The van der Waals surface area contributed by atoms with Gasteiger partial charge in [0.15, 0.2) is 0 Å². The van der Waals surface area contributed by atoms with Crippen LogP contribution in [0.3, 0.4) is 0 Å². The maximum Gasteiger partial charge on any atom is 0.134 e. The third-order valence-electron chi connectivity index (χ3n) is 2.57. The molecule has 0 saturated carbocycles. The molecule has 1 aliphatic heterocycles. The molecule has 1 fully saturated rings. The van der Waals surface area contributed by atoms with E-state index >= 15 is 0 Å². The van der Waals surface area contributed by atoms with Crippen LogP contribution in [0.5, 0.6) is 0 Å². The number of hydrogen-bond donors (Lipinski definition) is 0. The number of nitrogens with zero attached hydrogens (tertiary/aromatic N) is 1. The van der Waals surface area contributed by atoms with Gasteiger partial charge in [0.2, 0.25) is 0 Å². The van der Waals surface area contributed by atoms with Crippen molar-refractivity contribution in [2.45, 2.75) is 19.8 Å². The van der Waals surface area contributed by atoms with Gasteiger partial charge in [0.05, 0.1) is 0 Å². The number of carbonyl (C=O) groups is 1. The number of rotatable bonds is 3. The summed E-state index contributed by atoms with van der Waals surface area (Å²) in [7, 11) is 0. The lowest BCUT2D eigenvalue weighted by Gasteiger charge is -2.31. The van der Waals surface area contributed by atoms with Crippen molar-refractivity contribution in [3.8, 4) is 0 Å². The SMILES string of the molecule is CC(=O)C1CCCN(C/C(Cl)=C/Cl)C1. The summed E-state index contributed by atoms with van der Waals surface area (Å²) in [5.74, 6) is 0.462. The molecule has 1 aliphatic rings. The Labute approximate surface area is 94.9 Å². The van der Waals surface area contributed by atoms with Gasteiger partial charge in [0, 0.05) is 29.6 Å². The molecule has 1 rings (SSSR count). The Balaban J connectivity index is 2.44. The van der Waals surface area contributed by atoms with Crippen molar-refractivity contribution in [1.82, 2.24) is 4.90 Å². The first-order valence-corrected chi connectivity index (χ1v) is 5.62. The quantitative estimate of drug-likeness (QED) is 0.750. The Morgan fingerprint density at radius 1 is 1.64 bits per heavy atom. The number of halogens is 2. The third kappa shape index (κ3) is 3.60. The van der Waals surface area contributed by atoms with E-state index in [9.17, 15) is 4.79 Å². The van der Waals surface area contributed by atoms with Gasteiger partial charge in [0.25, 0.3) is 0 Å². The van der Waals surface area contributed by atoms with Crippen molar-refractivity contribution < 1.29 is 4.79 Å². The van der Waals surface area contributed by atoms with Gasteiger partial charge in [-0.25, -0.2) is 0 Å². The number of ketones is 1. The van der Waals surface area contributed by atoms with Crippen LogP contribution in [0.1, 0.15) is 19.8 Å². The standard InChI is InChI=1S/C10H15Cl2NO/c1-8(14)9-3-2-4-13(6-9)7-10(12)5-11/h5,9H,2-4,6-7H2,1H3/b10-5-. The van der Waals surface area contributed by atoms with Gasteiger partial charge >= 0.3 is 0 Å². The molecule has 14 heavy (non-hydrogen) atoms. The highest BCUT2D eigenvalue weighted by Gasteiger charge is 2.22. The van der Waals surface area contributed by atoms with E-state index in [-0.39, 0.29) is 11.7 Å². The molecule has 0 aromatic carbocycles. The van der Waals surface area contributed by atoms with Crippen LogP contribution in [0.4, 0.5) is 0 Å². The van der Waals surface area contributed by atoms with Crippen LogP contribution in [0, 0.1) is 5.92 Å². The molecule has 80 valence electrons. The summed E-state index contributed by atoms with van der Waals surface area (Å²) in [6.45, 7) is 4.14. The minimum absolute atomic E-state index is 0.184. The fraction of sp³-hybridized carbons (Fsp3) is 0.700. The van der Waals surface area contributed by atoms with Crippen LogP contribution in [0.25, 0.3) is 0 Å². The molecule has 0 radical (unpaired) electrons. The molecule has 0 aromatic heterocycles. The maximum absolute atomic E-state index is 11.2. The second-order valence-corrected chi connectivity index (χ2v) is 4.44. The topological polar surface area (TPSA) is 20.3 Å². The highest BCUT2D eigenvalue weighted by molar-refractivity contribution is 6.36. The normalized spacial score (nSPS) is 25.1. The molecule has 0 amide bonds. The summed E-state index contributed by atoms with van der Waals surface area (Å²) < 4.78 is 0. The van der Waals surface area contributed by atoms with Crippen molar-refractivity contribution in [2.75, 3.05) is 19.6 Å². The first kappa shape index (κ1) is 12.0. The summed E-state index contributed by atoms with van der Waals surface area (Å²) in [6, 6.07) is 0. The van der Waals surface area contributed by atoms with Crippen molar-refractivity contribution >= 4 is 29.0 Å². The maximum atomic E-state index is 11.2. The summed E-state index contributed by atoms with van der Waals surface area (Å²) in [5, 5.41) is 0.635. The van der Waals surface area contributed by atoms with Crippen molar-refractivity contribution in [3.05, 3.63) is 10.6 Å². The average molecular weight is 236 g/mol. The molecule has 0 aromatic rings. The van der Waals surface area contributed by atoms with Crippen LogP contribution in [0.15, 0.2) is 10.6 Å². The molecular weight excluding hydrogens is 221 g/mol. The molecule has 4 heteroatoms. The van der Waals surface area contributed by atoms with Gasteiger partial charge < -0.3 is 0 Å². The lowest BCUT2D eigenvalue weighted by molar-refractivity contribution is -0.122. The van der Waals surface area contributed by atoms with Crippen LogP contribution in [-0.4, -0.2) is 30.3 Å². The van der Waals surface area contributed by atoms with E-state index in [0.29, 0.717) is 11.6 Å². The van der Waals surface area contributed by atoms with Crippen molar-refractivity contribution in [3.63, 3.8) is 0 Å². The Morgan fingerprint density at radius 3 is 2.93 bits per heavy atom. The summed E-state index contributed by atoms with van der Waals surface area (Å²) >= 11 is 11.3. The minimum Gasteiger partial charge on any atom is -0.300 e.